The number of benzene rings is 1. The molecule has 2 amide bonds. The van der Waals surface area contributed by atoms with Gasteiger partial charge in [0.15, 0.2) is 0 Å². The number of allylic oxidation sites excluding steroid dienone is 1. The molecule has 0 aliphatic rings. The number of carbonyl (C=O) groups is 2. The first kappa shape index (κ1) is 15.4. The second-order valence-corrected chi connectivity index (χ2v) is 4.34. The van der Waals surface area contributed by atoms with Crippen LogP contribution in [0.25, 0.3) is 0 Å². The summed E-state index contributed by atoms with van der Waals surface area (Å²) in [5.74, 6) is -0.937. The second-order valence-electron chi connectivity index (χ2n) is 4.34. The van der Waals surface area contributed by atoms with Gasteiger partial charge < -0.3 is 11.1 Å². The third-order valence-electron chi connectivity index (χ3n) is 2.83. The van der Waals surface area contributed by atoms with Crippen LogP contribution in [0.15, 0.2) is 36.9 Å². The predicted molar refractivity (Wildman–Crippen MR) is 75.7 cm³/mol. The molecule has 0 saturated heterocycles. The molecule has 0 heterocycles. The van der Waals surface area contributed by atoms with E-state index in [0.29, 0.717) is 17.5 Å². The van der Waals surface area contributed by atoms with E-state index in [1.54, 1.807) is 18.2 Å². The molecule has 1 rings (SSSR count). The maximum absolute atomic E-state index is 12.0. The molecule has 1 atom stereocenters. The maximum Gasteiger partial charge on any atom is 0.251 e. The smallest absolute Gasteiger partial charge is 0.251 e. The van der Waals surface area contributed by atoms with Gasteiger partial charge in [0.05, 0.1) is 11.6 Å². The van der Waals surface area contributed by atoms with Gasteiger partial charge in [-0.05, 0) is 43.5 Å². The minimum absolute atomic E-state index is 0.378. The van der Waals surface area contributed by atoms with Gasteiger partial charge in [-0.15, -0.1) is 6.58 Å². The summed E-state index contributed by atoms with van der Waals surface area (Å²) < 4.78 is 0. The standard InChI is InChI=1S/C15H17N3O2/c1-2-3-4-5-13(14(17)19)18-15(20)12-8-6-11(10-16)7-9-12/h2,6-9,13H,1,3-5H2,(H2,17,19)(H,18,20)/t13-/m0/s1. The Morgan fingerprint density at radius 1 is 1.40 bits per heavy atom. The summed E-state index contributed by atoms with van der Waals surface area (Å²) >= 11 is 0. The van der Waals surface area contributed by atoms with E-state index in [-0.39, 0.29) is 5.91 Å². The molecule has 20 heavy (non-hydrogen) atoms. The molecule has 1 aromatic rings. The summed E-state index contributed by atoms with van der Waals surface area (Å²) in [5.41, 5.74) is 6.13. The number of hydrogen-bond acceptors (Lipinski definition) is 3. The number of primary amides is 1. The van der Waals surface area contributed by atoms with Crippen molar-refractivity contribution in [2.75, 3.05) is 0 Å². The van der Waals surface area contributed by atoms with Crippen LogP contribution in [0, 0.1) is 11.3 Å². The monoisotopic (exact) mass is 271 g/mol. The van der Waals surface area contributed by atoms with Crippen LogP contribution in [0.4, 0.5) is 0 Å². The Morgan fingerprint density at radius 3 is 2.55 bits per heavy atom. The van der Waals surface area contributed by atoms with E-state index in [0.717, 1.165) is 12.8 Å². The topological polar surface area (TPSA) is 96.0 Å². The van der Waals surface area contributed by atoms with Gasteiger partial charge in [-0.3, -0.25) is 9.59 Å². The van der Waals surface area contributed by atoms with Crippen molar-refractivity contribution in [1.82, 2.24) is 5.32 Å². The number of rotatable bonds is 7. The van der Waals surface area contributed by atoms with Crippen LogP contribution in [-0.2, 0) is 4.79 Å². The molecule has 0 unspecified atom stereocenters. The lowest BCUT2D eigenvalue weighted by Gasteiger charge is -2.15. The Hall–Kier alpha value is -2.61. The van der Waals surface area contributed by atoms with Gasteiger partial charge in [0, 0.05) is 5.56 Å². The van der Waals surface area contributed by atoms with Crippen molar-refractivity contribution < 1.29 is 9.59 Å². The molecule has 5 nitrogen and oxygen atoms in total. The van der Waals surface area contributed by atoms with Crippen molar-refractivity contribution in [2.24, 2.45) is 5.73 Å². The van der Waals surface area contributed by atoms with Crippen molar-refractivity contribution >= 4 is 11.8 Å². The quantitative estimate of drug-likeness (QED) is 0.581. The fourth-order valence-corrected chi connectivity index (χ4v) is 1.69. The lowest BCUT2D eigenvalue weighted by atomic mass is 10.1. The van der Waals surface area contributed by atoms with E-state index in [1.165, 1.54) is 12.1 Å². The third kappa shape index (κ3) is 4.58. The van der Waals surface area contributed by atoms with Crippen LogP contribution >= 0.6 is 0 Å². The van der Waals surface area contributed by atoms with Crippen molar-refractivity contribution in [1.29, 1.82) is 5.26 Å². The van der Waals surface area contributed by atoms with Gasteiger partial charge in [-0.1, -0.05) is 6.08 Å². The summed E-state index contributed by atoms with van der Waals surface area (Å²) in [6, 6.07) is 7.44. The van der Waals surface area contributed by atoms with Gasteiger partial charge >= 0.3 is 0 Å². The molecule has 5 heteroatoms. The largest absolute Gasteiger partial charge is 0.368 e. The van der Waals surface area contributed by atoms with E-state index in [1.807, 2.05) is 6.07 Å². The first-order valence-corrected chi connectivity index (χ1v) is 6.29. The van der Waals surface area contributed by atoms with Crippen LogP contribution < -0.4 is 11.1 Å². The molecule has 1 aromatic carbocycles. The average molecular weight is 271 g/mol. The predicted octanol–water partition coefficient (Wildman–Crippen LogP) is 1.50. The van der Waals surface area contributed by atoms with Gasteiger partial charge in [-0.25, -0.2) is 0 Å². The highest BCUT2D eigenvalue weighted by atomic mass is 16.2. The number of carbonyl (C=O) groups excluding carboxylic acids is 2. The molecule has 0 aliphatic carbocycles. The molecule has 0 saturated carbocycles. The van der Waals surface area contributed by atoms with Crippen molar-refractivity contribution in [3.05, 3.63) is 48.0 Å². The van der Waals surface area contributed by atoms with Gasteiger partial charge in [0.1, 0.15) is 6.04 Å². The van der Waals surface area contributed by atoms with E-state index in [2.05, 4.69) is 11.9 Å². The molecule has 0 aromatic heterocycles. The zero-order valence-electron chi connectivity index (χ0n) is 11.1. The van der Waals surface area contributed by atoms with Crippen LogP contribution in [0.1, 0.15) is 35.2 Å². The van der Waals surface area contributed by atoms with Crippen molar-refractivity contribution in [2.45, 2.75) is 25.3 Å². The van der Waals surface area contributed by atoms with Gasteiger partial charge in [0.2, 0.25) is 5.91 Å². The summed E-state index contributed by atoms with van der Waals surface area (Å²) in [6.45, 7) is 3.60. The van der Waals surface area contributed by atoms with E-state index in [4.69, 9.17) is 11.0 Å². The summed E-state index contributed by atoms with van der Waals surface area (Å²) in [7, 11) is 0. The zero-order chi connectivity index (χ0) is 15.0. The normalized spacial score (nSPS) is 11.2. The maximum atomic E-state index is 12.0. The minimum Gasteiger partial charge on any atom is -0.368 e. The highest BCUT2D eigenvalue weighted by Crippen LogP contribution is 2.06. The summed E-state index contributed by atoms with van der Waals surface area (Å²) in [4.78, 5) is 23.3. The van der Waals surface area contributed by atoms with Crippen LogP contribution in [0.2, 0.25) is 0 Å². The summed E-state index contributed by atoms with van der Waals surface area (Å²) in [6.07, 6.45) is 3.71. The molecule has 0 fully saturated rings. The molecule has 0 spiro atoms. The van der Waals surface area contributed by atoms with Crippen molar-refractivity contribution in [3.8, 4) is 6.07 Å². The van der Waals surface area contributed by atoms with Crippen LogP contribution in [0.5, 0.6) is 0 Å². The number of hydrogen-bond donors (Lipinski definition) is 2. The first-order valence-electron chi connectivity index (χ1n) is 6.29. The van der Waals surface area contributed by atoms with Gasteiger partial charge in [0.25, 0.3) is 5.91 Å². The minimum atomic E-state index is -0.696. The second kappa shape index (κ2) is 7.74. The molecule has 104 valence electrons. The van der Waals surface area contributed by atoms with Gasteiger partial charge in [-0.2, -0.15) is 5.26 Å². The molecule has 3 N–H and O–H groups in total. The molecular formula is C15H17N3O2. The Morgan fingerprint density at radius 2 is 2.05 bits per heavy atom. The number of amides is 2. The Labute approximate surface area is 118 Å². The number of nitrogens with two attached hydrogens (primary N) is 1. The highest BCUT2D eigenvalue weighted by molar-refractivity contribution is 5.97. The third-order valence-corrected chi connectivity index (χ3v) is 2.83. The molecular weight excluding hydrogens is 254 g/mol. The van der Waals surface area contributed by atoms with E-state index in [9.17, 15) is 9.59 Å². The molecule has 0 aliphatic heterocycles. The Kier molecular flexibility index (Phi) is 5.98. The van der Waals surface area contributed by atoms with E-state index < -0.39 is 11.9 Å². The first-order chi connectivity index (χ1) is 9.58. The highest BCUT2D eigenvalue weighted by Gasteiger charge is 2.18. The Balaban J connectivity index is 2.67. The molecule has 0 bridgehead atoms. The number of nitrogens with one attached hydrogen (secondary N) is 1. The van der Waals surface area contributed by atoms with Crippen LogP contribution in [0.3, 0.4) is 0 Å². The number of unbranched alkanes of at least 4 members (excludes halogenated alkanes) is 1. The SMILES string of the molecule is C=CCCC[C@H](NC(=O)c1ccc(C#N)cc1)C(N)=O. The van der Waals surface area contributed by atoms with Crippen LogP contribution in [-0.4, -0.2) is 17.9 Å². The fraction of sp³-hybridized carbons (Fsp3) is 0.267. The number of nitriles is 1. The zero-order valence-corrected chi connectivity index (χ0v) is 11.1. The summed E-state index contributed by atoms with van der Waals surface area (Å²) in [5, 5.41) is 11.3. The lowest BCUT2D eigenvalue weighted by Crippen LogP contribution is -2.44. The Bertz CT molecular complexity index is 529. The lowest BCUT2D eigenvalue weighted by molar-refractivity contribution is -0.120. The number of nitrogens with zero attached hydrogens (tertiary/aromatic N) is 1. The average Bonchev–Trinajstić information content (AvgIpc) is 2.46. The van der Waals surface area contributed by atoms with E-state index >= 15 is 0 Å². The fourth-order valence-electron chi connectivity index (χ4n) is 1.69. The van der Waals surface area contributed by atoms with Crippen molar-refractivity contribution in [3.63, 3.8) is 0 Å². The molecule has 0 radical (unpaired) electrons.